The average Bonchev–Trinajstić information content (AvgIpc) is 3.35. The number of aryl methyl sites for hydroxylation is 1. The number of fused-ring (bicyclic) bond motifs is 1. The lowest BCUT2D eigenvalue weighted by Crippen LogP contribution is -2.47. The van der Waals surface area contributed by atoms with E-state index in [2.05, 4.69) is 34.5 Å². The minimum Gasteiger partial charge on any atom is -0.353 e. The molecule has 214 valence electrons. The summed E-state index contributed by atoms with van der Waals surface area (Å²) in [4.78, 5) is 15.2. The van der Waals surface area contributed by atoms with Crippen LogP contribution < -0.4 is 5.32 Å². The van der Waals surface area contributed by atoms with Gasteiger partial charge in [-0.3, -0.25) is 4.79 Å². The van der Waals surface area contributed by atoms with Crippen molar-refractivity contribution >= 4 is 15.9 Å². The number of sulfonamides is 1. The van der Waals surface area contributed by atoms with Crippen molar-refractivity contribution in [2.24, 2.45) is 0 Å². The van der Waals surface area contributed by atoms with Gasteiger partial charge in [0.1, 0.15) is 0 Å². The van der Waals surface area contributed by atoms with Gasteiger partial charge in [0.25, 0.3) is 0 Å². The Morgan fingerprint density at radius 1 is 1.02 bits per heavy atom. The molecule has 1 amide bonds. The highest BCUT2D eigenvalue weighted by molar-refractivity contribution is 7.89. The molecule has 7 nitrogen and oxygen atoms in total. The van der Waals surface area contributed by atoms with Crippen molar-refractivity contribution in [2.75, 3.05) is 33.2 Å². The van der Waals surface area contributed by atoms with Crippen LogP contribution in [0, 0.1) is 11.3 Å². The molecule has 1 N–H and O–H groups in total. The van der Waals surface area contributed by atoms with E-state index in [1.165, 1.54) is 27.6 Å². The predicted molar refractivity (Wildman–Crippen MR) is 160 cm³/mol. The zero-order valence-corrected chi connectivity index (χ0v) is 24.4. The van der Waals surface area contributed by atoms with E-state index in [4.69, 9.17) is 5.26 Å². The lowest BCUT2D eigenvalue weighted by molar-refractivity contribution is -0.121. The summed E-state index contributed by atoms with van der Waals surface area (Å²) >= 11 is 0. The van der Waals surface area contributed by atoms with Crippen LogP contribution in [0.3, 0.4) is 0 Å². The zero-order chi connectivity index (χ0) is 28.9. The number of carbonyl (C=O) groups is 1. The van der Waals surface area contributed by atoms with E-state index in [0.717, 1.165) is 57.3 Å². The molecule has 41 heavy (non-hydrogen) atoms. The number of amides is 1. The summed E-state index contributed by atoms with van der Waals surface area (Å²) in [6.45, 7) is 3.10. The van der Waals surface area contributed by atoms with E-state index in [0.29, 0.717) is 18.5 Å². The molecule has 1 aliphatic heterocycles. The van der Waals surface area contributed by atoms with Gasteiger partial charge in [-0.1, -0.05) is 54.6 Å². The van der Waals surface area contributed by atoms with Crippen molar-refractivity contribution in [1.82, 2.24) is 14.5 Å². The second kappa shape index (κ2) is 12.6. The molecule has 0 radical (unpaired) electrons. The first-order chi connectivity index (χ1) is 19.8. The van der Waals surface area contributed by atoms with Gasteiger partial charge in [-0.15, -0.1) is 0 Å². The van der Waals surface area contributed by atoms with Gasteiger partial charge in [-0.2, -0.15) is 5.26 Å². The lowest BCUT2D eigenvalue weighted by Gasteiger charge is -2.38. The second-order valence-corrected chi connectivity index (χ2v) is 13.5. The molecule has 1 heterocycles. The van der Waals surface area contributed by atoms with Crippen LogP contribution in [-0.2, 0) is 33.1 Å². The Morgan fingerprint density at radius 3 is 2.41 bits per heavy atom. The van der Waals surface area contributed by atoms with Gasteiger partial charge in [-0.05, 0) is 79.6 Å². The minimum absolute atomic E-state index is 0.0719. The molecule has 3 aromatic carbocycles. The standard InChI is InChI=1S/C33H38N4O3S/c1-36(41(39,40)30-13-11-27(24-34)12-14-30)25-33(18-15-28-9-5-6-10-31(28)33)19-22-37-20-16-29(17-21-37)35-32(38)23-26-7-3-2-4-8-26/h2-14,29H,15-23,25H2,1H3,(H,35,38). The molecule has 1 saturated heterocycles. The van der Waals surface area contributed by atoms with E-state index in [1.807, 2.05) is 36.4 Å². The molecule has 3 aromatic rings. The fraction of sp³-hybridized carbons (Fsp3) is 0.394. The summed E-state index contributed by atoms with van der Waals surface area (Å²) in [6, 6.07) is 26.6. The molecule has 0 bridgehead atoms. The molecule has 0 aromatic heterocycles. The number of nitrogens with one attached hydrogen (secondary N) is 1. The van der Waals surface area contributed by atoms with Crippen LogP contribution in [0.15, 0.2) is 83.8 Å². The SMILES string of the molecule is CN(CC1(CCN2CCC(NC(=O)Cc3ccccc3)CC2)CCc2ccccc21)S(=O)(=O)c1ccc(C#N)cc1. The van der Waals surface area contributed by atoms with E-state index in [1.54, 1.807) is 19.2 Å². The summed E-state index contributed by atoms with van der Waals surface area (Å²) < 4.78 is 28.5. The largest absolute Gasteiger partial charge is 0.353 e. The lowest BCUT2D eigenvalue weighted by atomic mass is 9.78. The smallest absolute Gasteiger partial charge is 0.242 e. The number of hydrogen-bond acceptors (Lipinski definition) is 5. The number of nitriles is 1. The van der Waals surface area contributed by atoms with Crippen LogP contribution in [0.5, 0.6) is 0 Å². The Kier molecular flexibility index (Phi) is 8.88. The number of carbonyl (C=O) groups excluding carboxylic acids is 1. The molecule has 1 unspecified atom stereocenters. The quantitative estimate of drug-likeness (QED) is 0.393. The Labute approximate surface area is 243 Å². The first kappa shape index (κ1) is 29.0. The molecule has 5 rings (SSSR count). The van der Waals surface area contributed by atoms with Crippen LogP contribution >= 0.6 is 0 Å². The van der Waals surface area contributed by atoms with Gasteiger partial charge in [0, 0.05) is 38.1 Å². The first-order valence-electron chi connectivity index (χ1n) is 14.4. The van der Waals surface area contributed by atoms with Gasteiger partial charge in [0.2, 0.25) is 15.9 Å². The van der Waals surface area contributed by atoms with Gasteiger partial charge in [-0.25, -0.2) is 12.7 Å². The summed E-state index contributed by atoms with van der Waals surface area (Å²) in [5, 5.41) is 12.3. The predicted octanol–water partition coefficient (Wildman–Crippen LogP) is 4.28. The molecule has 0 spiro atoms. The van der Waals surface area contributed by atoms with Crippen molar-refractivity contribution in [2.45, 2.75) is 54.9 Å². The van der Waals surface area contributed by atoms with Crippen LogP contribution in [0.1, 0.15) is 47.9 Å². The molecular formula is C33H38N4O3S. The normalized spacial score (nSPS) is 19.5. The van der Waals surface area contributed by atoms with Crippen molar-refractivity contribution in [3.63, 3.8) is 0 Å². The van der Waals surface area contributed by atoms with Gasteiger partial charge < -0.3 is 10.2 Å². The molecular weight excluding hydrogens is 532 g/mol. The molecule has 1 fully saturated rings. The highest BCUT2D eigenvalue weighted by Gasteiger charge is 2.41. The summed E-state index contributed by atoms with van der Waals surface area (Å²) in [5.41, 5.74) is 3.75. The zero-order valence-electron chi connectivity index (χ0n) is 23.6. The number of piperidine rings is 1. The Morgan fingerprint density at radius 2 is 1.71 bits per heavy atom. The van der Waals surface area contributed by atoms with E-state index in [9.17, 15) is 13.2 Å². The van der Waals surface area contributed by atoms with Gasteiger partial charge in [0.05, 0.1) is 22.9 Å². The number of likely N-dealkylation sites (tertiary alicyclic amines) is 1. The highest BCUT2D eigenvalue weighted by Crippen LogP contribution is 2.43. The third kappa shape index (κ3) is 6.70. The second-order valence-electron chi connectivity index (χ2n) is 11.4. The number of nitrogens with zero attached hydrogens (tertiary/aromatic N) is 3. The number of hydrogen-bond donors (Lipinski definition) is 1. The van der Waals surface area contributed by atoms with Crippen molar-refractivity contribution < 1.29 is 13.2 Å². The van der Waals surface area contributed by atoms with E-state index in [-0.39, 0.29) is 22.3 Å². The van der Waals surface area contributed by atoms with E-state index >= 15 is 0 Å². The maximum Gasteiger partial charge on any atom is 0.242 e. The Balaban J connectivity index is 1.22. The molecule has 2 aliphatic rings. The molecule has 0 saturated carbocycles. The Bertz CT molecular complexity index is 1490. The molecule has 8 heteroatoms. The van der Waals surface area contributed by atoms with Gasteiger partial charge in [0.15, 0.2) is 0 Å². The average molecular weight is 571 g/mol. The van der Waals surface area contributed by atoms with Crippen LogP contribution in [0.25, 0.3) is 0 Å². The van der Waals surface area contributed by atoms with Crippen LogP contribution in [0.4, 0.5) is 0 Å². The van der Waals surface area contributed by atoms with Gasteiger partial charge >= 0.3 is 0 Å². The fourth-order valence-electron chi connectivity index (χ4n) is 6.39. The van der Waals surface area contributed by atoms with E-state index < -0.39 is 10.0 Å². The highest BCUT2D eigenvalue weighted by atomic mass is 32.2. The topological polar surface area (TPSA) is 93.5 Å². The molecule has 1 atom stereocenters. The van der Waals surface area contributed by atoms with Crippen molar-refractivity contribution in [3.8, 4) is 6.07 Å². The summed E-state index contributed by atoms with van der Waals surface area (Å²) in [7, 11) is -2.04. The summed E-state index contributed by atoms with van der Waals surface area (Å²) in [6.07, 6.45) is 4.94. The number of benzene rings is 3. The summed E-state index contributed by atoms with van der Waals surface area (Å²) in [5.74, 6) is 0.0719. The third-order valence-electron chi connectivity index (χ3n) is 8.75. The first-order valence-corrected chi connectivity index (χ1v) is 15.8. The maximum atomic E-state index is 13.5. The monoisotopic (exact) mass is 570 g/mol. The minimum atomic E-state index is -3.71. The van der Waals surface area contributed by atoms with Crippen molar-refractivity contribution in [1.29, 1.82) is 5.26 Å². The number of rotatable bonds is 10. The van der Waals surface area contributed by atoms with Crippen LogP contribution in [0.2, 0.25) is 0 Å². The fourth-order valence-corrected chi connectivity index (χ4v) is 7.65. The maximum absolute atomic E-state index is 13.5. The molecule has 1 aliphatic carbocycles. The van der Waals surface area contributed by atoms with Crippen molar-refractivity contribution in [3.05, 3.63) is 101 Å². The van der Waals surface area contributed by atoms with Crippen LogP contribution in [-0.4, -0.2) is 62.8 Å². The number of likely N-dealkylation sites (N-methyl/N-ethyl adjacent to an activating group) is 1. The Hall–Kier alpha value is -3.51. The third-order valence-corrected chi connectivity index (χ3v) is 10.6.